The van der Waals surface area contributed by atoms with Gasteiger partial charge in [-0.15, -0.1) is 0 Å². The fourth-order valence-corrected chi connectivity index (χ4v) is 1.80. The minimum Gasteiger partial charge on any atom is -0.334 e. The van der Waals surface area contributed by atoms with E-state index in [0.29, 0.717) is 11.4 Å². The minimum atomic E-state index is -0.394. The van der Waals surface area contributed by atoms with Crippen LogP contribution in [0.4, 0.5) is 15.0 Å². The number of aromatic nitrogens is 1. The van der Waals surface area contributed by atoms with E-state index in [1.807, 2.05) is 0 Å². The van der Waals surface area contributed by atoms with Crippen molar-refractivity contribution in [2.45, 2.75) is 6.54 Å². The zero-order valence-electron chi connectivity index (χ0n) is 9.86. The molecular formula is C13H11BrFN3O. The van der Waals surface area contributed by atoms with Gasteiger partial charge in [0.05, 0.1) is 0 Å². The molecule has 0 spiro atoms. The lowest BCUT2D eigenvalue weighted by molar-refractivity contribution is 0.251. The standard InChI is InChI=1S/C13H11BrFN3O/c14-10-4-5-16-12(7-10)18-13(19)17-8-9-2-1-3-11(15)6-9/h1-7H,8H2,(H2,16,17,18,19). The first-order valence-electron chi connectivity index (χ1n) is 5.54. The molecule has 19 heavy (non-hydrogen) atoms. The summed E-state index contributed by atoms with van der Waals surface area (Å²) in [6, 6.07) is 9.11. The molecule has 0 saturated heterocycles. The second kappa shape index (κ2) is 6.29. The van der Waals surface area contributed by atoms with Gasteiger partial charge in [0.15, 0.2) is 0 Å². The lowest BCUT2D eigenvalue weighted by atomic mass is 10.2. The van der Waals surface area contributed by atoms with Crippen LogP contribution in [-0.4, -0.2) is 11.0 Å². The molecule has 6 heteroatoms. The summed E-state index contributed by atoms with van der Waals surface area (Å²) in [6.07, 6.45) is 1.58. The van der Waals surface area contributed by atoms with E-state index in [1.165, 1.54) is 12.1 Å². The van der Waals surface area contributed by atoms with Gasteiger partial charge in [0.2, 0.25) is 0 Å². The van der Waals surface area contributed by atoms with E-state index in [4.69, 9.17) is 0 Å². The number of hydrogen-bond donors (Lipinski definition) is 2. The highest BCUT2D eigenvalue weighted by molar-refractivity contribution is 9.10. The Labute approximate surface area is 118 Å². The number of pyridine rings is 1. The van der Waals surface area contributed by atoms with Crippen LogP contribution >= 0.6 is 15.9 Å². The maximum atomic E-state index is 12.9. The Hall–Kier alpha value is -1.95. The van der Waals surface area contributed by atoms with Crippen LogP contribution in [0.2, 0.25) is 0 Å². The van der Waals surface area contributed by atoms with Crippen molar-refractivity contribution in [2.75, 3.05) is 5.32 Å². The lowest BCUT2D eigenvalue weighted by Crippen LogP contribution is -2.28. The van der Waals surface area contributed by atoms with Gasteiger partial charge in [-0.3, -0.25) is 5.32 Å². The van der Waals surface area contributed by atoms with Gasteiger partial charge in [0.25, 0.3) is 0 Å². The van der Waals surface area contributed by atoms with E-state index in [1.54, 1.807) is 30.5 Å². The average Bonchev–Trinajstić information content (AvgIpc) is 2.36. The van der Waals surface area contributed by atoms with E-state index < -0.39 is 6.03 Å². The SMILES string of the molecule is O=C(NCc1cccc(F)c1)Nc1cc(Br)ccn1. The molecule has 0 aliphatic rings. The van der Waals surface area contributed by atoms with E-state index in [-0.39, 0.29) is 12.4 Å². The third kappa shape index (κ3) is 4.33. The van der Waals surface area contributed by atoms with Gasteiger partial charge in [-0.1, -0.05) is 28.1 Å². The fraction of sp³-hybridized carbons (Fsp3) is 0.0769. The van der Waals surface area contributed by atoms with Crippen LogP contribution in [-0.2, 0) is 6.54 Å². The highest BCUT2D eigenvalue weighted by Gasteiger charge is 2.03. The van der Waals surface area contributed by atoms with Crippen molar-refractivity contribution >= 4 is 27.8 Å². The molecule has 0 aliphatic heterocycles. The van der Waals surface area contributed by atoms with Gasteiger partial charge in [-0.2, -0.15) is 0 Å². The summed E-state index contributed by atoms with van der Waals surface area (Å²) in [7, 11) is 0. The third-order valence-corrected chi connectivity index (χ3v) is 2.80. The summed E-state index contributed by atoms with van der Waals surface area (Å²) >= 11 is 3.28. The van der Waals surface area contributed by atoms with Crippen molar-refractivity contribution in [3.8, 4) is 0 Å². The zero-order valence-corrected chi connectivity index (χ0v) is 11.4. The summed E-state index contributed by atoms with van der Waals surface area (Å²) in [4.78, 5) is 15.6. The van der Waals surface area contributed by atoms with Crippen LogP contribution in [0.1, 0.15) is 5.56 Å². The Bertz CT molecular complexity index is 592. The lowest BCUT2D eigenvalue weighted by Gasteiger charge is -2.07. The molecule has 0 atom stereocenters. The van der Waals surface area contributed by atoms with Crippen molar-refractivity contribution in [1.82, 2.24) is 10.3 Å². The van der Waals surface area contributed by atoms with Gasteiger partial charge in [-0.05, 0) is 29.8 Å². The Kier molecular flexibility index (Phi) is 4.46. The van der Waals surface area contributed by atoms with Crippen molar-refractivity contribution in [2.24, 2.45) is 0 Å². The quantitative estimate of drug-likeness (QED) is 0.910. The first kappa shape index (κ1) is 13.5. The number of hydrogen-bond acceptors (Lipinski definition) is 2. The maximum absolute atomic E-state index is 12.9. The summed E-state index contributed by atoms with van der Waals surface area (Å²) < 4.78 is 13.8. The molecule has 2 N–H and O–H groups in total. The zero-order chi connectivity index (χ0) is 13.7. The molecular weight excluding hydrogens is 313 g/mol. The first-order chi connectivity index (χ1) is 9.13. The monoisotopic (exact) mass is 323 g/mol. The molecule has 0 radical (unpaired) electrons. The molecule has 0 aliphatic carbocycles. The second-order valence-corrected chi connectivity index (χ2v) is 4.71. The molecule has 98 valence electrons. The minimum absolute atomic E-state index is 0.248. The van der Waals surface area contributed by atoms with Crippen LogP contribution < -0.4 is 10.6 Å². The summed E-state index contributed by atoms with van der Waals surface area (Å²) in [6.45, 7) is 0.248. The molecule has 1 heterocycles. The number of urea groups is 1. The van der Waals surface area contributed by atoms with Crippen LogP contribution in [0.5, 0.6) is 0 Å². The van der Waals surface area contributed by atoms with Crippen molar-refractivity contribution in [3.63, 3.8) is 0 Å². The van der Waals surface area contributed by atoms with E-state index >= 15 is 0 Å². The van der Waals surface area contributed by atoms with Crippen molar-refractivity contribution < 1.29 is 9.18 Å². The van der Waals surface area contributed by atoms with E-state index in [2.05, 4.69) is 31.5 Å². The van der Waals surface area contributed by atoms with Crippen LogP contribution in [0.3, 0.4) is 0 Å². The van der Waals surface area contributed by atoms with Crippen molar-refractivity contribution in [3.05, 3.63) is 58.4 Å². The number of anilines is 1. The topological polar surface area (TPSA) is 54.0 Å². The predicted octanol–water partition coefficient (Wildman–Crippen LogP) is 3.30. The van der Waals surface area contributed by atoms with E-state index in [9.17, 15) is 9.18 Å². The number of carbonyl (C=O) groups is 1. The van der Waals surface area contributed by atoms with Crippen molar-refractivity contribution in [1.29, 1.82) is 0 Å². The average molecular weight is 324 g/mol. The Morgan fingerprint density at radius 3 is 2.89 bits per heavy atom. The number of nitrogens with one attached hydrogen (secondary N) is 2. The highest BCUT2D eigenvalue weighted by Crippen LogP contribution is 2.12. The summed E-state index contributed by atoms with van der Waals surface area (Å²) in [5.74, 6) is 0.111. The van der Waals surface area contributed by atoms with Crippen LogP contribution in [0, 0.1) is 5.82 Å². The first-order valence-corrected chi connectivity index (χ1v) is 6.33. The van der Waals surface area contributed by atoms with Crippen LogP contribution in [0.15, 0.2) is 47.1 Å². The Morgan fingerprint density at radius 1 is 1.32 bits per heavy atom. The number of halogens is 2. The number of nitrogens with zero attached hydrogens (tertiary/aromatic N) is 1. The highest BCUT2D eigenvalue weighted by atomic mass is 79.9. The Morgan fingerprint density at radius 2 is 2.16 bits per heavy atom. The molecule has 1 aromatic carbocycles. The molecule has 0 saturated carbocycles. The van der Waals surface area contributed by atoms with Crippen LogP contribution in [0.25, 0.3) is 0 Å². The van der Waals surface area contributed by atoms with Gasteiger partial charge in [0, 0.05) is 17.2 Å². The largest absolute Gasteiger partial charge is 0.334 e. The molecule has 2 aromatic rings. The number of carbonyl (C=O) groups excluding carboxylic acids is 1. The number of rotatable bonds is 3. The normalized spacial score (nSPS) is 10.0. The fourth-order valence-electron chi connectivity index (χ4n) is 1.46. The number of benzene rings is 1. The molecule has 0 unspecified atom stereocenters. The molecule has 2 amide bonds. The summed E-state index contributed by atoms with van der Waals surface area (Å²) in [5, 5.41) is 5.20. The Balaban J connectivity index is 1.88. The molecule has 0 bridgehead atoms. The number of amides is 2. The van der Waals surface area contributed by atoms with Gasteiger partial charge < -0.3 is 5.32 Å². The van der Waals surface area contributed by atoms with Gasteiger partial charge in [0.1, 0.15) is 11.6 Å². The summed E-state index contributed by atoms with van der Waals surface area (Å²) in [5.41, 5.74) is 0.692. The molecule has 4 nitrogen and oxygen atoms in total. The predicted molar refractivity (Wildman–Crippen MR) is 74.2 cm³/mol. The van der Waals surface area contributed by atoms with E-state index in [0.717, 1.165) is 4.47 Å². The second-order valence-electron chi connectivity index (χ2n) is 3.80. The molecule has 1 aromatic heterocycles. The molecule has 0 fully saturated rings. The van der Waals surface area contributed by atoms with Gasteiger partial charge >= 0.3 is 6.03 Å². The maximum Gasteiger partial charge on any atom is 0.320 e. The van der Waals surface area contributed by atoms with Gasteiger partial charge in [-0.25, -0.2) is 14.2 Å². The third-order valence-electron chi connectivity index (χ3n) is 2.31. The molecule has 2 rings (SSSR count). The smallest absolute Gasteiger partial charge is 0.320 e.